The Bertz CT molecular complexity index is 536. The highest BCUT2D eigenvalue weighted by molar-refractivity contribution is 9.10. The number of rotatable bonds is 4. The van der Waals surface area contributed by atoms with Crippen LogP contribution in [0.25, 0.3) is 0 Å². The summed E-state index contributed by atoms with van der Waals surface area (Å²) < 4.78 is 6.41. The van der Waals surface area contributed by atoms with E-state index in [2.05, 4.69) is 34.1 Å². The highest BCUT2D eigenvalue weighted by atomic mass is 79.9. The quantitative estimate of drug-likeness (QED) is 0.905. The molecule has 0 aliphatic rings. The minimum Gasteiger partial charge on any atom is -0.468 e. The number of hydrogen-bond acceptors (Lipinski definition) is 3. The fourth-order valence-electron chi connectivity index (χ4n) is 1.71. The molecule has 0 spiro atoms. The first-order valence-corrected chi connectivity index (χ1v) is 7.43. The van der Waals surface area contributed by atoms with Crippen molar-refractivity contribution < 1.29 is 4.42 Å². The maximum atomic E-state index is 5.82. The molecule has 0 saturated carbocycles. The van der Waals surface area contributed by atoms with Crippen LogP contribution in [-0.4, -0.2) is 6.04 Å². The summed E-state index contributed by atoms with van der Waals surface area (Å²) in [5, 5.41) is 0. The van der Waals surface area contributed by atoms with Crippen LogP contribution in [0.5, 0.6) is 0 Å². The molecule has 0 radical (unpaired) electrons. The van der Waals surface area contributed by atoms with Crippen LogP contribution in [0.1, 0.15) is 18.2 Å². The molecule has 2 nitrogen and oxygen atoms in total. The van der Waals surface area contributed by atoms with Crippen LogP contribution in [0.2, 0.25) is 0 Å². The van der Waals surface area contributed by atoms with Gasteiger partial charge in [-0.1, -0.05) is 33.8 Å². The lowest BCUT2D eigenvalue weighted by molar-refractivity contribution is 0.527. The molecule has 0 fully saturated rings. The van der Waals surface area contributed by atoms with E-state index >= 15 is 0 Å². The van der Waals surface area contributed by atoms with Gasteiger partial charge in [0.1, 0.15) is 5.76 Å². The molecule has 0 amide bonds. The first-order chi connectivity index (χ1) is 8.56. The number of nitrogens with two attached hydrogens (primary N) is 1. The normalized spacial score (nSPS) is 12.7. The number of benzene rings is 1. The molecule has 1 aromatic heterocycles. The Hall–Kier alpha value is -0.710. The number of hydrogen-bond donors (Lipinski definition) is 1. The van der Waals surface area contributed by atoms with Crippen LogP contribution < -0.4 is 5.73 Å². The van der Waals surface area contributed by atoms with Crippen molar-refractivity contribution in [2.45, 2.75) is 36.1 Å². The minimum absolute atomic E-state index is 0.177. The average molecular weight is 326 g/mol. The fourth-order valence-corrected chi connectivity index (χ4v) is 3.28. The number of aryl methyl sites for hydroxylation is 1. The van der Waals surface area contributed by atoms with Gasteiger partial charge in [0.05, 0.1) is 11.2 Å². The Morgan fingerprint density at radius 1 is 1.39 bits per heavy atom. The highest BCUT2D eigenvalue weighted by Gasteiger charge is 2.07. The van der Waals surface area contributed by atoms with Gasteiger partial charge in [0.25, 0.3) is 0 Å². The third kappa shape index (κ3) is 3.40. The van der Waals surface area contributed by atoms with E-state index in [0.29, 0.717) is 0 Å². The first-order valence-electron chi connectivity index (χ1n) is 5.82. The Kier molecular flexibility index (Phi) is 4.54. The van der Waals surface area contributed by atoms with Crippen LogP contribution in [0, 0.1) is 6.92 Å². The third-order valence-electron chi connectivity index (χ3n) is 2.61. The van der Waals surface area contributed by atoms with Gasteiger partial charge in [-0.3, -0.25) is 0 Å². The highest BCUT2D eigenvalue weighted by Crippen LogP contribution is 2.33. The molecule has 2 rings (SSSR count). The molecule has 0 saturated heterocycles. The molecule has 4 heteroatoms. The van der Waals surface area contributed by atoms with Gasteiger partial charge in [-0.25, -0.2) is 0 Å². The zero-order valence-corrected chi connectivity index (χ0v) is 12.8. The van der Waals surface area contributed by atoms with Gasteiger partial charge < -0.3 is 10.2 Å². The molecule has 0 aliphatic carbocycles. The van der Waals surface area contributed by atoms with Crippen LogP contribution in [-0.2, 0) is 6.42 Å². The largest absolute Gasteiger partial charge is 0.468 e. The van der Waals surface area contributed by atoms with Gasteiger partial charge in [-0.2, -0.15) is 0 Å². The van der Waals surface area contributed by atoms with E-state index in [0.717, 1.165) is 21.5 Å². The van der Waals surface area contributed by atoms with Gasteiger partial charge in [0.2, 0.25) is 0 Å². The summed E-state index contributed by atoms with van der Waals surface area (Å²) in [5.74, 6) is 0.954. The van der Waals surface area contributed by atoms with Crippen molar-refractivity contribution in [1.82, 2.24) is 0 Å². The summed E-state index contributed by atoms with van der Waals surface area (Å²) in [5.41, 5.74) is 7.07. The topological polar surface area (TPSA) is 39.2 Å². The van der Waals surface area contributed by atoms with Crippen molar-refractivity contribution in [1.29, 1.82) is 0 Å². The fraction of sp³-hybridized carbons (Fsp3) is 0.286. The van der Waals surface area contributed by atoms with E-state index in [1.807, 2.05) is 19.9 Å². The van der Waals surface area contributed by atoms with Crippen molar-refractivity contribution in [3.05, 3.63) is 46.3 Å². The SMILES string of the molecule is Cc1occc1Sc1ccc(CC(C)N)c(Br)c1. The van der Waals surface area contributed by atoms with Gasteiger partial charge in [0.15, 0.2) is 0 Å². The second-order valence-electron chi connectivity index (χ2n) is 4.38. The van der Waals surface area contributed by atoms with Crippen molar-refractivity contribution in [3.8, 4) is 0 Å². The summed E-state index contributed by atoms with van der Waals surface area (Å²) in [6, 6.07) is 8.56. The molecule has 18 heavy (non-hydrogen) atoms. The maximum absolute atomic E-state index is 5.82. The monoisotopic (exact) mass is 325 g/mol. The molecule has 1 atom stereocenters. The summed E-state index contributed by atoms with van der Waals surface area (Å²) in [7, 11) is 0. The van der Waals surface area contributed by atoms with E-state index in [4.69, 9.17) is 10.2 Å². The molecule has 96 valence electrons. The Morgan fingerprint density at radius 2 is 2.17 bits per heavy atom. The molecule has 0 bridgehead atoms. The smallest absolute Gasteiger partial charge is 0.114 e. The molecule has 1 heterocycles. The van der Waals surface area contributed by atoms with E-state index in [1.54, 1.807) is 18.0 Å². The van der Waals surface area contributed by atoms with Crippen molar-refractivity contribution >= 4 is 27.7 Å². The molecular formula is C14H16BrNOS. The van der Waals surface area contributed by atoms with E-state index in [-0.39, 0.29) is 6.04 Å². The van der Waals surface area contributed by atoms with Crippen LogP contribution >= 0.6 is 27.7 Å². The van der Waals surface area contributed by atoms with Gasteiger partial charge in [-0.05, 0) is 44.0 Å². The minimum atomic E-state index is 0.177. The van der Waals surface area contributed by atoms with Gasteiger partial charge in [0, 0.05) is 15.4 Å². The third-order valence-corrected chi connectivity index (χ3v) is 4.48. The second-order valence-corrected chi connectivity index (χ2v) is 6.35. The maximum Gasteiger partial charge on any atom is 0.114 e. The lowest BCUT2D eigenvalue weighted by Gasteiger charge is -2.09. The lowest BCUT2D eigenvalue weighted by Crippen LogP contribution is -2.17. The standard InChI is InChI=1S/C14H16BrNOS/c1-9(16)7-11-3-4-12(8-13(11)15)18-14-5-6-17-10(14)2/h3-6,8-9H,7,16H2,1-2H3. The molecule has 0 aliphatic heterocycles. The predicted octanol–water partition coefficient (Wildman–Crippen LogP) is 4.39. The predicted molar refractivity (Wildman–Crippen MR) is 79.1 cm³/mol. The summed E-state index contributed by atoms with van der Waals surface area (Å²) in [6.45, 7) is 3.99. The second kappa shape index (κ2) is 5.95. The molecule has 1 unspecified atom stereocenters. The van der Waals surface area contributed by atoms with Gasteiger partial charge in [-0.15, -0.1) is 0 Å². The van der Waals surface area contributed by atoms with Crippen LogP contribution in [0.15, 0.2) is 49.2 Å². The summed E-state index contributed by atoms with van der Waals surface area (Å²) in [6.07, 6.45) is 2.60. The molecular weight excluding hydrogens is 310 g/mol. The Labute approximate surface area is 120 Å². The van der Waals surface area contributed by atoms with Crippen molar-refractivity contribution in [2.24, 2.45) is 5.73 Å². The van der Waals surface area contributed by atoms with Crippen LogP contribution in [0.4, 0.5) is 0 Å². The van der Waals surface area contributed by atoms with E-state index < -0.39 is 0 Å². The number of furan rings is 1. The van der Waals surface area contributed by atoms with Crippen LogP contribution in [0.3, 0.4) is 0 Å². The summed E-state index contributed by atoms with van der Waals surface area (Å²) >= 11 is 5.31. The summed E-state index contributed by atoms with van der Waals surface area (Å²) in [4.78, 5) is 2.35. The Balaban J connectivity index is 2.16. The molecule has 2 N–H and O–H groups in total. The molecule has 1 aromatic carbocycles. The van der Waals surface area contributed by atoms with Crippen molar-refractivity contribution in [2.75, 3.05) is 0 Å². The van der Waals surface area contributed by atoms with E-state index in [1.165, 1.54) is 10.5 Å². The van der Waals surface area contributed by atoms with E-state index in [9.17, 15) is 0 Å². The average Bonchev–Trinajstić information content (AvgIpc) is 2.68. The Morgan fingerprint density at radius 3 is 2.72 bits per heavy atom. The van der Waals surface area contributed by atoms with Crippen molar-refractivity contribution in [3.63, 3.8) is 0 Å². The first kappa shape index (κ1) is 13.7. The van der Waals surface area contributed by atoms with Gasteiger partial charge >= 0.3 is 0 Å². The number of halogens is 1. The zero-order valence-electron chi connectivity index (χ0n) is 10.4. The lowest BCUT2D eigenvalue weighted by atomic mass is 10.1. The molecule has 2 aromatic rings. The zero-order chi connectivity index (χ0) is 13.1.